The number of anilines is 4. The quantitative estimate of drug-likeness (QED) is 0.470. The number of benzene rings is 2. The number of hydrogen-bond donors (Lipinski definition) is 2. The molecule has 0 aliphatic carbocycles. The second-order valence-electron chi connectivity index (χ2n) is 8.54. The van der Waals surface area contributed by atoms with Gasteiger partial charge in [-0.3, -0.25) is 14.3 Å². The molecule has 2 aromatic carbocycles. The van der Waals surface area contributed by atoms with Crippen molar-refractivity contribution in [2.75, 3.05) is 22.6 Å². The first-order valence-corrected chi connectivity index (χ1v) is 11.2. The monoisotopic (exact) mass is 467 g/mol. The van der Waals surface area contributed by atoms with Gasteiger partial charge in [0.1, 0.15) is 0 Å². The number of para-hydroxylation sites is 1. The summed E-state index contributed by atoms with van der Waals surface area (Å²) in [5, 5.41) is 10.5. The number of carbonyl (C=O) groups excluding carboxylic acids is 2. The molecule has 1 aliphatic rings. The third kappa shape index (κ3) is 4.12. The average molecular weight is 468 g/mol. The number of amides is 2. The molecule has 0 saturated carbocycles. The lowest BCUT2D eigenvalue weighted by atomic mass is 10.1. The summed E-state index contributed by atoms with van der Waals surface area (Å²) in [6.45, 7) is 3.78. The molecule has 0 saturated heterocycles. The largest absolute Gasteiger partial charge is 0.324 e. The Morgan fingerprint density at radius 1 is 1.03 bits per heavy atom. The highest BCUT2D eigenvalue weighted by Gasteiger charge is 2.24. The van der Waals surface area contributed by atoms with Crippen molar-refractivity contribution in [3.8, 4) is 11.3 Å². The van der Waals surface area contributed by atoms with Crippen molar-refractivity contribution in [1.82, 2.24) is 19.7 Å². The van der Waals surface area contributed by atoms with Crippen LogP contribution in [-0.4, -0.2) is 38.6 Å². The molecule has 176 valence electrons. The van der Waals surface area contributed by atoms with Gasteiger partial charge in [0.25, 0.3) is 5.91 Å². The summed E-state index contributed by atoms with van der Waals surface area (Å²) in [6.07, 6.45) is 1.93. The lowest BCUT2D eigenvalue weighted by Gasteiger charge is -2.16. The SMILES string of the molecule is Cc1nn(C)c(C)c1NC(=O)c1ccc(Nc2ncc3c(n2)-c2ccccc2N(C)C(=O)C3)cc1. The molecule has 0 radical (unpaired) electrons. The fraction of sp³-hybridized carbons (Fsp3) is 0.192. The maximum Gasteiger partial charge on any atom is 0.255 e. The minimum atomic E-state index is -0.206. The number of nitrogens with one attached hydrogen (secondary N) is 2. The molecule has 3 heterocycles. The zero-order valence-corrected chi connectivity index (χ0v) is 20.0. The van der Waals surface area contributed by atoms with Gasteiger partial charge in [0.2, 0.25) is 11.9 Å². The minimum absolute atomic E-state index is 0.00829. The molecule has 2 amide bonds. The van der Waals surface area contributed by atoms with Gasteiger partial charge in [0.05, 0.1) is 34.9 Å². The molecule has 0 unspecified atom stereocenters. The Hall–Kier alpha value is -4.53. The van der Waals surface area contributed by atoms with Crippen LogP contribution in [0.15, 0.2) is 54.7 Å². The molecular formula is C26H25N7O2. The van der Waals surface area contributed by atoms with Crippen LogP contribution in [0.5, 0.6) is 0 Å². The van der Waals surface area contributed by atoms with Crippen LogP contribution in [-0.2, 0) is 18.3 Å². The van der Waals surface area contributed by atoms with Crippen molar-refractivity contribution in [3.05, 3.63) is 77.2 Å². The molecule has 1 aliphatic heterocycles. The van der Waals surface area contributed by atoms with Gasteiger partial charge in [0, 0.05) is 42.7 Å². The number of rotatable bonds is 4. The highest BCUT2D eigenvalue weighted by Crippen LogP contribution is 2.35. The number of carbonyl (C=O) groups is 2. The van der Waals surface area contributed by atoms with Crippen molar-refractivity contribution < 1.29 is 9.59 Å². The van der Waals surface area contributed by atoms with Gasteiger partial charge in [-0.25, -0.2) is 9.97 Å². The Morgan fingerprint density at radius 3 is 2.49 bits per heavy atom. The fourth-order valence-electron chi connectivity index (χ4n) is 4.19. The number of likely N-dealkylation sites (N-methyl/N-ethyl adjacent to an activating group) is 1. The van der Waals surface area contributed by atoms with Crippen molar-refractivity contribution >= 4 is 34.8 Å². The van der Waals surface area contributed by atoms with E-state index in [1.807, 2.05) is 45.2 Å². The van der Waals surface area contributed by atoms with E-state index >= 15 is 0 Å². The lowest BCUT2D eigenvalue weighted by Crippen LogP contribution is -2.26. The van der Waals surface area contributed by atoms with E-state index in [2.05, 4.69) is 20.7 Å². The predicted molar refractivity (Wildman–Crippen MR) is 135 cm³/mol. The molecule has 0 atom stereocenters. The fourth-order valence-corrected chi connectivity index (χ4v) is 4.19. The van der Waals surface area contributed by atoms with Crippen LogP contribution in [0.2, 0.25) is 0 Å². The molecule has 9 heteroatoms. The Kier molecular flexibility index (Phi) is 5.52. The van der Waals surface area contributed by atoms with E-state index in [0.717, 1.165) is 45.3 Å². The van der Waals surface area contributed by atoms with Gasteiger partial charge in [-0.15, -0.1) is 0 Å². The third-order valence-electron chi connectivity index (χ3n) is 6.25. The molecular weight excluding hydrogens is 442 g/mol. The van der Waals surface area contributed by atoms with Crippen LogP contribution in [0, 0.1) is 13.8 Å². The number of aromatic nitrogens is 4. The van der Waals surface area contributed by atoms with Crippen LogP contribution < -0.4 is 15.5 Å². The molecule has 0 fully saturated rings. The normalized spacial score (nSPS) is 12.6. The second-order valence-corrected chi connectivity index (χ2v) is 8.54. The Bertz CT molecular complexity index is 1460. The maximum atomic E-state index is 12.7. The second kappa shape index (κ2) is 8.68. The van der Waals surface area contributed by atoms with Crippen LogP contribution >= 0.6 is 0 Å². The van der Waals surface area contributed by atoms with Crippen molar-refractivity contribution in [2.45, 2.75) is 20.3 Å². The summed E-state index contributed by atoms with van der Waals surface area (Å²) in [5.41, 5.74) is 6.86. The van der Waals surface area contributed by atoms with Gasteiger partial charge >= 0.3 is 0 Å². The number of nitrogens with zero attached hydrogens (tertiary/aromatic N) is 5. The number of hydrogen-bond acceptors (Lipinski definition) is 6. The number of fused-ring (bicyclic) bond motifs is 3. The first-order chi connectivity index (χ1) is 16.8. The lowest BCUT2D eigenvalue weighted by molar-refractivity contribution is -0.117. The standard InChI is InChI=1S/C26H25N7O2/c1-15-23(16(2)33(4)31-15)29-25(35)17-9-11-19(12-10-17)28-26-27-14-18-13-22(34)32(3)21-8-6-5-7-20(21)24(18)30-26/h5-12,14H,13H2,1-4H3,(H,29,35)(H,27,28,30). The molecule has 35 heavy (non-hydrogen) atoms. The highest BCUT2D eigenvalue weighted by molar-refractivity contribution is 6.05. The van der Waals surface area contributed by atoms with Crippen LogP contribution in [0.25, 0.3) is 11.3 Å². The van der Waals surface area contributed by atoms with Crippen molar-refractivity contribution in [3.63, 3.8) is 0 Å². The Labute approximate surface area is 202 Å². The smallest absolute Gasteiger partial charge is 0.255 e. The van der Waals surface area contributed by atoms with Crippen LogP contribution in [0.1, 0.15) is 27.3 Å². The molecule has 9 nitrogen and oxygen atoms in total. The van der Waals surface area contributed by atoms with Crippen LogP contribution in [0.4, 0.5) is 23.0 Å². The average Bonchev–Trinajstić information content (AvgIpc) is 3.04. The first kappa shape index (κ1) is 22.3. The van der Waals surface area contributed by atoms with E-state index in [9.17, 15) is 9.59 Å². The maximum absolute atomic E-state index is 12.7. The summed E-state index contributed by atoms with van der Waals surface area (Å²) in [6, 6.07) is 14.8. The van der Waals surface area contributed by atoms with E-state index in [-0.39, 0.29) is 18.2 Å². The molecule has 5 rings (SSSR count). The van der Waals surface area contributed by atoms with Gasteiger partial charge in [0.15, 0.2) is 0 Å². The topological polar surface area (TPSA) is 105 Å². The van der Waals surface area contributed by atoms with Gasteiger partial charge in [-0.1, -0.05) is 18.2 Å². The van der Waals surface area contributed by atoms with Crippen molar-refractivity contribution in [1.29, 1.82) is 0 Å². The van der Waals surface area contributed by atoms with Crippen LogP contribution in [0.3, 0.4) is 0 Å². The minimum Gasteiger partial charge on any atom is -0.324 e. The third-order valence-corrected chi connectivity index (χ3v) is 6.25. The summed E-state index contributed by atoms with van der Waals surface area (Å²) in [7, 11) is 3.62. The number of aryl methyl sites for hydroxylation is 2. The summed E-state index contributed by atoms with van der Waals surface area (Å²) in [4.78, 5) is 36.1. The molecule has 2 N–H and O–H groups in total. The van der Waals surface area contributed by atoms with E-state index in [1.165, 1.54) is 0 Å². The van der Waals surface area contributed by atoms with Gasteiger partial charge in [-0.2, -0.15) is 5.10 Å². The highest BCUT2D eigenvalue weighted by atomic mass is 16.2. The molecule has 0 bridgehead atoms. The van der Waals surface area contributed by atoms with E-state index in [1.54, 1.807) is 47.1 Å². The summed E-state index contributed by atoms with van der Waals surface area (Å²) < 4.78 is 1.74. The van der Waals surface area contributed by atoms with E-state index in [4.69, 9.17) is 4.98 Å². The predicted octanol–water partition coefficient (Wildman–Crippen LogP) is 4.01. The molecule has 0 spiro atoms. The summed E-state index contributed by atoms with van der Waals surface area (Å²) in [5.74, 6) is 0.197. The zero-order chi connectivity index (χ0) is 24.7. The van der Waals surface area contributed by atoms with E-state index < -0.39 is 0 Å². The van der Waals surface area contributed by atoms with Gasteiger partial charge < -0.3 is 15.5 Å². The first-order valence-electron chi connectivity index (χ1n) is 11.2. The molecule has 2 aromatic heterocycles. The zero-order valence-electron chi connectivity index (χ0n) is 20.0. The van der Waals surface area contributed by atoms with E-state index in [0.29, 0.717) is 11.5 Å². The Morgan fingerprint density at radius 2 is 1.77 bits per heavy atom. The van der Waals surface area contributed by atoms with Gasteiger partial charge in [-0.05, 0) is 44.2 Å². The Balaban J connectivity index is 1.37. The van der Waals surface area contributed by atoms with Crippen molar-refractivity contribution in [2.24, 2.45) is 7.05 Å². The molecule has 4 aromatic rings. The summed E-state index contributed by atoms with van der Waals surface area (Å²) >= 11 is 0.